The quantitative estimate of drug-likeness (QED) is 0.416. The SMILES string of the molecule is C=CCN(c1ccccc1)S(=O)(=O)c1cc(C(=O)NNC(=O)c2ccco2)ccc1Cl. The van der Waals surface area contributed by atoms with Gasteiger partial charge in [0.15, 0.2) is 5.76 Å². The second-order valence-electron chi connectivity index (χ2n) is 6.19. The number of halogens is 1. The molecule has 8 nitrogen and oxygen atoms in total. The van der Waals surface area contributed by atoms with Crippen LogP contribution in [-0.2, 0) is 10.0 Å². The van der Waals surface area contributed by atoms with E-state index in [0.717, 1.165) is 10.4 Å². The van der Waals surface area contributed by atoms with Crippen molar-refractivity contribution in [1.82, 2.24) is 10.9 Å². The van der Waals surface area contributed by atoms with Crippen molar-refractivity contribution >= 4 is 39.1 Å². The Morgan fingerprint density at radius 1 is 1.03 bits per heavy atom. The monoisotopic (exact) mass is 459 g/mol. The number of sulfonamides is 1. The number of para-hydroxylation sites is 1. The molecule has 3 rings (SSSR count). The number of carbonyl (C=O) groups excluding carboxylic acids is 2. The molecule has 0 atom stereocenters. The number of carbonyl (C=O) groups is 2. The van der Waals surface area contributed by atoms with E-state index >= 15 is 0 Å². The number of furan rings is 1. The van der Waals surface area contributed by atoms with Crippen molar-refractivity contribution in [3.05, 3.63) is 95.9 Å². The lowest BCUT2D eigenvalue weighted by Gasteiger charge is -2.24. The molecular formula is C21H18ClN3O5S. The number of anilines is 1. The Hall–Kier alpha value is -3.56. The Labute approximate surface area is 184 Å². The van der Waals surface area contributed by atoms with Gasteiger partial charge in [0.25, 0.3) is 15.9 Å². The van der Waals surface area contributed by atoms with Crippen LogP contribution in [0.5, 0.6) is 0 Å². The van der Waals surface area contributed by atoms with Gasteiger partial charge in [0.2, 0.25) is 0 Å². The molecule has 0 bridgehead atoms. The van der Waals surface area contributed by atoms with Gasteiger partial charge in [-0.2, -0.15) is 0 Å². The molecule has 0 unspecified atom stereocenters. The highest BCUT2D eigenvalue weighted by Gasteiger charge is 2.27. The molecule has 0 aliphatic carbocycles. The highest BCUT2D eigenvalue weighted by Crippen LogP contribution is 2.29. The predicted octanol–water partition coefficient (Wildman–Crippen LogP) is 3.39. The molecule has 160 valence electrons. The van der Waals surface area contributed by atoms with E-state index in [9.17, 15) is 18.0 Å². The minimum atomic E-state index is -4.12. The molecule has 1 aromatic heterocycles. The zero-order valence-corrected chi connectivity index (χ0v) is 17.7. The number of rotatable bonds is 7. The van der Waals surface area contributed by atoms with E-state index in [1.54, 1.807) is 30.3 Å². The summed E-state index contributed by atoms with van der Waals surface area (Å²) >= 11 is 6.17. The summed E-state index contributed by atoms with van der Waals surface area (Å²) in [7, 11) is -4.12. The first-order valence-electron chi connectivity index (χ1n) is 8.97. The van der Waals surface area contributed by atoms with Crippen molar-refractivity contribution in [3.8, 4) is 0 Å². The Bertz CT molecular complexity index is 1200. The van der Waals surface area contributed by atoms with E-state index in [-0.39, 0.29) is 27.8 Å². The van der Waals surface area contributed by atoms with Crippen LogP contribution in [0.4, 0.5) is 5.69 Å². The van der Waals surface area contributed by atoms with Gasteiger partial charge >= 0.3 is 5.91 Å². The summed E-state index contributed by atoms with van der Waals surface area (Å²) in [5.74, 6) is -1.40. The van der Waals surface area contributed by atoms with Gasteiger partial charge in [0, 0.05) is 5.56 Å². The lowest BCUT2D eigenvalue weighted by atomic mass is 10.2. The van der Waals surface area contributed by atoms with E-state index in [1.165, 1.54) is 36.6 Å². The van der Waals surface area contributed by atoms with Gasteiger partial charge in [-0.1, -0.05) is 35.9 Å². The van der Waals surface area contributed by atoms with E-state index in [1.807, 2.05) is 0 Å². The fraction of sp³-hybridized carbons (Fsp3) is 0.0476. The van der Waals surface area contributed by atoms with E-state index in [2.05, 4.69) is 17.4 Å². The summed E-state index contributed by atoms with van der Waals surface area (Å²) in [6.45, 7) is 3.61. The number of nitrogens with zero attached hydrogens (tertiary/aromatic N) is 1. The second-order valence-corrected chi connectivity index (χ2v) is 8.43. The minimum absolute atomic E-state index is 0.00168. The first kappa shape index (κ1) is 22.1. The average molecular weight is 460 g/mol. The molecule has 2 aromatic carbocycles. The van der Waals surface area contributed by atoms with Crippen molar-refractivity contribution in [2.75, 3.05) is 10.8 Å². The van der Waals surface area contributed by atoms with Gasteiger partial charge in [0.1, 0.15) is 4.90 Å². The zero-order chi connectivity index (χ0) is 22.4. The summed E-state index contributed by atoms with van der Waals surface area (Å²) < 4.78 is 32.7. The van der Waals surface area contributed by atoms with Crippen molar-refractivity contribution in [2.45, 2.75) is 4.90 Å². The fourth-order valence-electron chi connectivity index (χ4n) is 2.67. The maximum absolute atomic E-state index is 13.3. The number of hydrogen-bond donors (Lipinski definition) is 2. The number of nitrogens with one attached hydrogen (secondary N) is 2. The fourth-order valence-corrected chi connectivity index (χ4v) is 4.61. The third-order valence-electron chi connectivity index (χ3n) is 4.14. The first-order chi connectivity index (χ1) is 14.8. The average Bonchev–Trinajstić information content (AvgIpc) is 3.31. The summed E-state index contributed by atoms with van der Waals surface area (Å²) in [5.41, 5.74) is 4.79. The summed E-state index contributed by atoms with van der Waals surface area (Å²) in [6, 6.07) is 15.2. The lowest BCUT2D eigenvalue weighted by molar-refractivity contribution is 0.0831. The molecule has 10 heteroatoms. The van der Waals surface area contributed by atoms with Gasteiger partial charge < -0.3 is 4.42 Å². The summed E-state index contributed by atoms with van der Waals surface area (Å²) in [4.78, 5) is 24.1. The summed E-state index contributed by atoms with van der Waals surface area (Å²) in [5, 5.41) is -0.0545. The van der Waals surface area contributed by atoms with Crippen LogP contribution in [0.1, 0.15) is 20.9 Å². The molecule has 0 radical (unpaired) electrons. The van der Waals surface area contributed by atoms with Crippen LogP contribution >= 0.6 is 11.6 Å². The number of hydrogen-bond acceptors (Lipinski definition) is 5. The topological polar surface area (TPSA) is 109 Å². The molecule has 0 aliphatic rings. The van der Waals surface area contributed by atoms with Gasteiger partial charge in [-0.25, -0.2) is 8.42 Å². The Kier molecular flexibility index (Phi) is 6.78. The zero-order valence-electron chi connectivity index (χ0n) is 16.1. The molecule has 0 saturated carbocycles. The van der Waals surface area contributed by atoms with Crippen LogP contribution in [0.15, 0.2) is 88.9 Å². The van der Waals surface area contributed by atoms with Crippen molar-refractivity contribution in [3.63, 3.8) is 0 Å². The Balaban J connectivity index is 1.87. The van der Waals surface area contributed by atoms with Crippen LogP contribution in [0.25, 0.3) is 0 Å². The smallest absolute Gasteiger partial charge is 0.305 e. The van der Waals surface area contributed by atoms with Crippen molar-refractivity contribution < 1.29 is 22.4 Å². The van der Waals surface area contributed by atoms with Gasteiger partial charge in [-0.05, 0) is 42.5 Å². The van der Waals surface area contributed by atoms with Crippen LogP contribution in [-0.4, -0.2) is 26.8 Å². The number of hydrazine groups is 1. The lowest BCUT2D eigenvalue weighted by Crippen LogP contribution is -2.41. The van der Waals surface area contributed by atoms with Crippen LogP contribution in [0, 0.1) is 0 Å². The summed E-state index contributed by atoms with van der Waals surface area (Å²) in [6.07, 6.45) is 2.76. The molecule has 2 amide bonds. The van der Waals surface area contributed by atoms with Crippen LogP contribution in [0.2, 0.25) is 5.02 Å². The van der Waals surface area contributed by atoms with Crippen LogP contribution in [0.3, 0.4) is 0 Å². The third-order valence-corrected chi connectivity index (χ3v) is 6.41. The number of amides is 2. The molecule has 0 fully saturated rings. The van der Waals surface area contributed by atoms with Gasteiger partial charge in [-0.3, -0.25) is 24.7 Å². The minimum Gasteiger partial charge on any atom is -0.459 e. The highest BCUT2D eigenvalue weighted by atomic mass is 35.5. The molecule has 0 spiro atoms. The maximum atomic E-state index is 13.3. The van der Waals surface area contributed by atoms with E-state index in [4.69, 9.17) is 16.0 Å². The molecular weight excluding hydrogens is 442 g/mol. The van der Waals surface area contributed by atoms with Gasteiger partial charge in [0.05, 0.1) is 23.5 Å². The third kappa shape index (κ3) is 4.96. The predicted molar refractivity (Wildman–Crippen MR) is 116 cm³/mol. The molecule has 2 N–H and O–H groups in total. The normalized spacial score (nSPS) is 10.9. The van der Waals surface area contributed by atoms with Gasteiger partial charge in [-0.15, -0.1) is 6.58 Å². The number of benzene rings is 2. The molecule has 1 heterocycles. The Morgan fingerprint density at radius 3 is 2.39 bits per heavy atom. The second kappa shape index (κ2) is 9.50. The highest BCUT2D eigenvalue weighted by molar-refractivity contribution is 7.93. The largest absolute Gasteiger partial charge is 0.459 e. The van der Waals surface area contributed by atoms with Crippen molar-refractivity contribution in [1.29, 1.82) is 0 Å². The molecule has 0 aliphatic heterocycles. The van der Waals surface area contributed by atoms with Crippen LogP contribution < -0.4 is 15.2 Å². The maximum Gasteiger partial charge on any atom is 0.305 e. The Morgan fingerprint density at radius 2 is 1.74 bits per heavy atom. The molecule has 3 aromatic rings. The standard InChI is InChI=1S/C21H18ClN3O5S/c1-2-12-25(16-7-4-3-5-8-16)31(28,29)19-14-15(10-11-17(19)22)20(26)23-24-21(27)18-9-6-13-30-18/h2-11,13-14H,1,12H2,(H,23,26)(H,24,27). The van der Waals surface area contributed by atoms with E-state index in [0.29, 0.717) is 5.69 Å². The van der Waals surface area contributed by atoms with E-state index < -0.39 is 21.8 Å². The molecule has 31 heavy (non-hydrogen) atoms. The van der Waals surface area contributed by atoms with Crippen molar-refractivity contribution in [2.24, 2.45) is 0 Å². The molecule has 0 saturated heterocycles. The first-order valence-corrected chi connectivity index (χ1v) is 10.8.